The second-order valence-electron chi connectivity index (χ2n) is 5.70. The number of hydrogen-bond acceptors (Lipinski definition) is 6. The molecular formula is C16H16N6OS. The molecule has 1 saturated heterocycles. The smallest absolute Gasteiger partial charge is 0.209 e. The number of thioether (sulfide) groups is 1. The number of nitrogens with zero attached hydrogens (tertiary/aromatic N) is 6. The molecule has 0 amide bonds. The molecule has 0 bridgehead atoms. The minimum Gasteiger partial charge on any atom is -0.376 e. The molecular weight excluding hydrogens is 324 g/mol. The first-order chi connectivity index (χ1) is 11.8. The summed E-state index contributed by atoms with van der Waals surface area (Å²) in [6.07, 6.45) is 6.28. The Kier molecular flexibility index (Phi) is 4.19. The van der Waals surface area contributed by atoms with E-state index >= 15 is 0 Å². The van der Waals surface area contributed by atoms with E-state index in [9.17, 15) is 5.26 Å². The summed E-state index contributed by atoms with van der Waals surface area (Å²) in [6, 6.07) is 8.15. The highest BCUT2D eigenvalue weighted by Gasteiger charge is 2.19. The number of ether oxygens (including phenoxy) is 1. The van der Waals surface area contributed by atoms with Gasteiger partial charge in [-0.05, 0) is 41.0 Å². The Labute approximate surface area is 143 Å². The Bertz CT molecular complexity index is 889. The standard InChI is InChI=1S/C16H16N6OS/c17-8-14-12(9-21-6-2-1-5-15(14)21)11-24-16-18-19-20-22(16)10-13-4-3-7-23-13/h1-2,5-6,9,13H,3-4,7,10-11H2/t13-/m0/s1. The highest BCUT2D eigenvalue weighted by molar-refractivity contribution is 7.98. The van der Waals surface area contributed by atoms with Crippen LogP contribution < -0.4 is 0 Å². The molecule has 1 aliphatic rings. The van der Waals surface area contributed by atoms with E-state index in [4.69, 9.17) is 4.74 Å². The lowest BCUT2D eigenvalue weighted by atomic mass is 10.2. The number of rotatable bonds is 5. The van der Waals surface area contributed by atoms with Crippen LogP contribution in [0.2, 0.25) is 0 Å². The van der Waals surface area contributed by atoms with Crippen molar-refractivity contribution in [3.05, 3.63) is 41.7 Å². The zero-order valence-electron chi connectivity index (χ0n) is 13.0. The maximum Gasteiger partial charge on any atom is 0.209 e. The number of nitriles is 1. The van der Waals surface area contributed by atoms with E-state index in [0.717, 1.165) is 35.7 Å². The van der Waals surface area contributed by atoms with Crippen molar-refractivity contribution in [2.75, 3.05) is 6.61 Å². The monoisotopic (exact) mass is 340 g/mol. The molecule has 0 unspecified atom stereocenters. The van der Waals surface area contributed by atoms with Crippen molar-refractivity contribution in [1.82, 2.24) is 24.6 Å². The lowest BCUT2D eigenvalue weighted by Crippen LogP contribution is -2.16. The van der Waals surface area contributed by atoms with Crippen molar-refractivity contribution in [3.63, 3.8) is 0 Å². The van der Waals surface area contributed by atoms with E-state index < -0.39 is 0 Å². The Morgan fingerprint density at radius 3 is 3.21 bits per heavy atom. The Balaban J connectivity index is 1.51. The van der Waals surface area contributed by atoms with Crippen LogP contribution in [0.15, 0.2) is 35.7 Å². The van der Waals surface area contributed by atoms with Crippen LogP contribution in [-0.4, -0.2) is 37.3 Å². The summed E-state index contributed by atoms with van der Waals surface area (Å²) < 4.78 is 9.42. The highest BCUT2D eigenvalue weighted by atomic mass is 32.2. The van der Waals surface area contributed by atoms with Gasteiger partial charge in [0.05, 0.1) is 23.7 Å². The van der Waals surface area contributed by atoms with E-state index in [-0.39, 0.29) is 6.10 Å². The molecule has 7 nitrogen and oxygen atoms in total. The molecule has 1 atom stereocenters. The lowest BCUT2D eigenvalue weighted by molar-refractivity contribution is 0.0912. The molecule has 0 saturated carbocycles. The van der Waals surface area contributed by atoms with Crippen LogP contribution >= 0.6 is 11.8 Å². The summed E-state index contributed by atoms with van der Waals surface area (Å²) in [5.41, 5.74) is 2.62. The van der Waals surface area contributed by atoms with Crippen LogP contribution in [0.5, 0.6) is 0 Å². The van der Waals surface area contributed by atoms with Gasteiger partial charge in [0.2, 0.25) is 5.16 Å². The fraction of sp³-hybridized carbons (Fsp3) is 0.375. The molecule has 1 aliphatic heterocycles. The zero-order chi connectivity index (χ0) is 16.4. The van der Waals surface area contributed by atoms with E-state index in [2.05, 4.69) is 21.6 Å². The largest absolute Gasteiger partial charge is 0.376 e. The molecule has 4 rings (SSSR count). The molecule has 3 aromatic heterocycles. The minimum atomic E-state index is 0.194. The summed E-state index contributed by atoms with van der Waals surface area (Å²) >= 11 is 1.54. The quantitative estimate of drug-likeness (QED) is 0.663. The predicted octanol–water partition coefficient (Wildman–Crippen LogP) is 2.27. The normalized spacial score (nSPS) is 17.4. The topological polar surface area (TPSA) is 81.0 Å². The summed E-state index contributed by atoms with van der Waals surface area (Å²) in [4.78, 5) is 0. The molecule has 4 heterocycles. The van der Waals surface area contributed by atoms with Crippen LogP contribution in [0, 0.1) is 11.3 Å². The van der Waals surface area contributed by atoms with Gasteiger partial charge >= 0.3 is 0 Å². The van der Waals surface area contributed by atoms with Crippen molar-refractivity contribution in [1.29, 1.82) is 5.26 Å². The van der Waals surface area contributed by atoms with Crippen molar-refractivity contribution in [3.8, 4) is 6.07 Å². The number of fused-ring (bicyclic) bond motifs is 1. The fourth-order valence-electron chi connectivity index (χ4n) is 2.95. The second-order valence-corrected chi connectivity index (χ2v) is 6.64. The van der Waals surface area contributed by atoms with Gasteiger partial charge in [-0.1, -0.05) is 17.8 Å². The van der Waals surface area contributed by atoms with Gasteiger partial charge in [-0.25, -0.2) is 4.68 Å². The fourth-order valence-corrected chi connectivity index (χ4v) is 3.81. The molecule has 3 aromatic rings. The number of tetrazole rings is 1. The molecule has 0 N–H and O–H groups in total. The Morgan fingerprint density at radius 1 is 1.42 bits per heavy atom. The van der Waals surface area contributed by atoms with Crippen molar-refractivity contribution < 1.29 is 4.74 Å². The third kappa shape index (κ3) is 2.88. The Hall–Kier alpha value is -2.37. The first-order valence-corrected chi connectivity index (χ1v) is 8.83. The van der Waals surface area contributed by atoms with Gasteiger partial charge in [0.15, 0.2) is 0 Å². The molecule has 0 spiro atoms. The maximum atomic E-state index is 9.47. The predicted molar refractivity (Wildman–Crippen MR) is 88.5 cm³/mol. The molecule has 0 aromatic carbocycles. The van der Waals surface area contributed by atoms with E-state index in [1.165, 1.54) is 0 Å². The molecule has 0 aliphatic carbocycles. The SMILES string of the molecule is N#Cc1c(CSc2nnnn2C[C@@H]2CCCO2)cn2ccccc12. The van der Waals surface area contributed by atoms with Gasteiger partial charge in [-0.15, -0.1) is 5.10 Å². The van der Waals surface area contributed by atoms with Gasteiger partial charge in [0.25, 0.3) is 0 Å². The first-order valence-electron chi connectivity index (χ1n) is 7.84. The summed E-state index contributed by atoms with van der Waals surface area (Å²) in [7, 11) is 0. The maximum absolute atomic E-state index is 9.47. The lowest BCUT2D eigenvalue weighted by Gasteiger charge is -2.09. The van der Waals surface area contributed by atoms with Crippen LogP contribution in [0.25, 0.3) is 5.52 Å². The van der Waals surface area contributed by atoms with Gasteiger partial charge in [-0.2, -0.15) is 5.26 Å². The Morgan fingerprint density at radius 2 is 2.38 bits per heavy atom. The molecule has 0 radical (unpaired) electrons. The molecule has 24 heavy (non-hydrogen) atoms. The highest BCUT2D eigenvalue weighted by Crippen LogP contribution is 2.26. The average Bonchev–Trinajstić information content (AvgIpc) is 3.33. The third-order valence-corrected chi connectivity index (χ3v) is 5.14. The van der Waals surface area contributed by atoms with Gasteiger partial charge in [0, 0.05) is 24.8 Å². The van der Waals surface area contributed by atoms with E-state index in [0.29, 0.717) is 17.9 Å². The van der Waals surface area contributed by atoms with Crippen LogP contribution in [0.3, 0.4) is 0 Å². The molecule has 1 fully saturated rings. The minimum absolute atomic E-state index is 0.194. The third-order valence-electron chi connectivity index (χ3n) is 4.13. The summed E-state index contributed by atoms with van der Waals surface area (Å²) in [5.74, 6) is 0.649. The van der Waals surface area contributed by atoms with Gasteiger partial charge in [-0.3, -0.25) is 0 Å². The van der Waals surface area contributed by atoms with E-state index in [1.807, 2.05) is 35.0 Å². The van der Waals surface area contributed by atoms with Crippen LogP contribution in [0.1, 0.15) is 24.0 Å². The molecule has 8 heteroatoms. The average molecular weight is 340 g/mol. The van der Waals surface area contributed by atoms with Crippen LogP contribution in [0.4, 0.5) is 0 Å². The van der Waals surface area contributed by atoms with E-state index in [1.54, 1.807) is 16.4 Å². The second kappa shape index (κ2) is 6.63. The van der Waals surface area contributed by atoms with Gasteiger partial charge in [0.1, 0.15) is 6.07 Å². The van der Waals surface area contributed by atoms with Crippen molar-refractivity contribution >= 4 is 17.3 Å². The number of hydrogen-bond donors (Lipinski definition) is 0. The van der Waals surface area contributed by atoms with Gasteiger partial charge < -0.3 is 9.14 Å². The van der Waals surface area contributed by atoms with Crippen molar-refractivity contribution in [2.45, 2.75) is 36.4 Å². The number of aromatic nitrogens is 5. The summed E-state index contributed by atoms with van der Waals surface area (Å²) in [6.45, 7) is 1.50. The van der Waals surface area contributed by atoms with Crippen molar-refractivity contribution in [2.24, 2.45) is 0 Å². The number of pyridine rings is 1. The molecule has 122 valence electrons. The first kappa shape index (κ1) is 15.2. The summed E-state index contributed by atoms with van der Waals surface area (Å²) in [5, 5.41) is 22.2. The van der Waals surface area contributed by atoms with Crippen LogP contribution in [-0.2, 0) is 17.0 Å². The zero-order valence-corrected chi connectivity index (χ0v) is 13.8.